The summed E-state index contributed by atoms with van der Waals surface area (Å²) in [6, 6.07) is 8.21. The fraction of sp³-hybridized carbons (Fsp3) is 0. The first-order valence-corrected chi connectivity index (χ1v) is 11.3. The minimum atomic E-state index is -1.48. The molecule has 0 bridgehead atoms. The van der Waals surface area contributed by atoms with Gasteiger partial charge in [-0.25, -0.2) is 43.2 Å². The van der Waals surface area contributed by atoms with Gasteiger partial charge in [-0.05, 0) is 54.6 Å². The average Bonchev–Trinajstić information content (AvgIpc) is 2.96. The van der Waals surface area contributed by atoms with Crippen LogP contribution in [0.4, 0.5) is 0 Å². The van der Waals surface area contributed by atoms with Gasteiger partial charge in [0.05, 0.1) is 50.1 Å². The molecule has 45 heavy (non-hydrogen) atoms. The van der Waals surface area contributed by atoms with E-state index >= 15 is 0 Å². The second kappa shape index (κ2) is 15.2. The zero-order chi connectivity index (χ0) is 34.8. The van der Waals surface area contributed by atoms with Crippen LogP contribution >= 0.6 is 0 Å². The van der Waals surface area contributed by atoms with Gasteiger partial charge in [0.1, 0.15) is 0 Å². The van der Waals surface area contributed by atoms with Crippen LogP contribution < -0.4 is 0 Å². The van der Waals surface area contributed by atoms with Crippen molar-refractivity contribution in [2.75, 3.05) is 0 Å². The second-order valence-corrected chi connectivity index (χ2v) is 8.10. The van der Waals surface area contributed by atoms with Crippen LogP contribution in [-0.2, 0) is 0 Å². The van der Waals surface area contributed by atoms with Crippen molar-refractivity contribution in [2.45, 2.75) is 0 Å². The number of rotatable bonds is 9. The smallest absolute Gasteiger partial charge is 0.336 e. The second-order valence-electron chi connectivity index (χ2n) is 8.10. The van der Waals surface area contributed by atoms with Gasteiger partial charge >= 0.3 is 53.7 Å². The maximum absolute atomic E-state index is 10.6. The molecule has 9 N–H and O–H groups in total. The van der Waals surface area contributed by atoms with E-state index < -0.39 is 64.9 Å². The summed E-state index contributed by atoms with van der Waals surface area (Å²) in [5, 5.41) is 77.5. The quantitative estimate of drug-likeness (QED) is 0.164. The molecular formula is C27H18O18. The standard InChI is InChI=1S/3C9H6O6/c2*10-7(11)4-1-5(8(12)13)3-6(2-4)9(14)15;10-7(11)4-1-2-5(8(12)13)6(3-4)9(14)15/h3*1-3H,(H,10,11)(H,12,13)(H,14,15). The molecule has 0 unspecified atom stereocenters. The molecule has 18 nitrogen and oxygen atoms in total. The topological polar surface area (TPSA) is 336 Å². The Morgan fingerprint density at radius 2 is 0.489 bits per heavy atom. The third kappa shape index (κ3) is 10.3. The minimum Gasteiger partial charge on any atom is -0.478 e. The summed E-state index contributed by atoms with van der Waals surface area (Å²) >= 11 is 0. The molecule has 0 heterocycles. The predicted octanol–water partition coefficient (Wildman–Crippen LogP) is 2.34. The Balaban J connectivity index is 0.000000337. The lowest BCUT2D eigenvalue weighted by Gasteiger charge is -2.02. The van der Waals surface area contributed by atoms with Crippen molar-refractivity contribution in [3.05, 3.63) is 105 Å². The van der Waals surface area contributed by atoms with Crippen molar-refractivity contribution in [1.29, 1.82) is 0 Å². The monoisotopic (exact) mass is 630 g/mol. The number of carboxylic acids is 9. The largest absolute Gasteiger partial charge is 0.478 e. The highest BCUT2D eigenvalue weighted by Crippen LogP contribution is 2.14. The molecule has 3 rings (SSSR count). The minimum absolute atomic E-state index is 0.266. The summed E-state index contributed by atoms with van der Waals surface area (Å²) in [7, 11) is 0. The van der Waals surface area contributed by atoms with Gasteiger partial charge in [-0.15, -0.1) is 0 Å². The van der Waals surface area contributed by atoms with Crippen molar-refractivity contribution in [1.82, 2.24) is 0 Å². The molecule has 3 aromatic carbocycles. The highest BCUT2D eigenvalue weighted by molar-refractivity contribution is 6.04. The van der Waals surface area contributed by atoms with Crippen molar-refractivity contribution < 1.29 is 89.1 Å². The zero-order valence-corrected chi connectivity index (χ0v) is 21.9. The van der Waals surface area contributed by atoms with E-state index in [1.165, 1.54) is 0 Å². The van der Waals surface area contributed by atoms with E-state index in [-0.39, 0.29) is 38.9 Å². The molecule has 0 spiro atoms. The molecule has 0 atom stereocenters. The van der Waals surface area contributed by atoms with Gasteiger partial charge in [0.2, 0.25) is 0 Å². The van der Waals surface area contributed by atoms with Gasteiger partial charge in [-0.3, -0.25) is 0 Å². The summed E-state index contributed by atoms with van der Waals surface area (Å²) in [5.41, 5.74) is -3.45. The summed E-state index contributed by atoms with van der Waals surface area (Å²) in [4.78, 5) is 95.1. The molecule has 0 aromatic heterocycles. The van der Waals surface area contributed by atoms with Crippen molar-refractivity contribution in [2.24, 2.45) is 0 Å². The third-order valence-corrected chi connectivity index (χ3v) is 5.08. The summed E-state index contributed by atoms with van der Waals surface area (Å²) in [6.07, 6.45) is 0. The molecule has 0 fully saturated rings. The Hall–Kier alpha value is -7.11. The van der Waals surface area contributed by atoms with Crippen LogP contribution in [0.15, 0.2) is 54.6 Å². The summed E-state index contributed by atoms with van der Waals surface area (Å²) in [5.74, 6) is -12.4. The number of carbonyl (C=O) groups is 9. The molecule has 0 aliphatic carbocycles. The molecule has 0 saturated carbocycles. The van der Waals surface area contributed by atoms with E-state index in [1.807, 2.05) is 0 Å². The summed E-state index contributed by atoms with van der Waals surface area (Å²) in [6.45, 7) is 0. The van der Waals surface area contributed by atoms with E-state index in [9.17, 15) is 43.2 Å². The Bertz CT molecular complexity index is 1510. The van der Waals surface area contributed by atoms with Gasteiger partial charge in [-0.2, -0.15) is 0 Å². The number of aromatic carboxylic acids is 9. The molecule has 234 valence electrons. The zero-order valence-electron chi connectivity index (χ0n) is 21.9. The van der Waals surface area contributed by atoms with Gasteiger partial charge < -0.3 is 46.0 Å². The van der Waals surface area contributed by atoms with Gasteiger partial charge in [0.25, 0.3) is 0 Å². The first kappa shape index (κ1) is 35.9. The Labute approximate surface area is 247 Å². The maximum atomic E-state index is 10.6. The Morgan fingerprint density at radius 1 is 0.267 bits per heavy atom. The number of carboxylic acid groups (broad SMARTS) is 9. The van der Waals surface area contributed by atoms with Crippen molar-refractivity contribution in [3.63, 3.8) is 0 Å². The molecular weight excluding hydrogens is 612 g/mol. The predicted molar refractivity (Wildman–Crippen MR) is 142 cm³/mol. The fourth-order valence-electron chi connectivity index (χ4n) is 3.04. The number of benzene rings is 3. The normalized spacial score (nSPS) is 9.60. The van der Waals surface area contributed by atoms with Crippen molar-refractivity contribution >= 4 is 53.7 Å². The first-order valence-electron chi connectivity index (χ1n) is 11.3. The van der Waals surface area contributed by atoms with E-state index in [4.69, 9.17) is 46.0 Å². The lowest BCUT2D eigenvalue weighted by molar-refractivity contribution is 0.0649. The summed E-state index contributed by atoms with van der Waals surface area (Å²) < 4.78 is 0. The van der Waals surface area contributed by atoms with Crippen molar-refractivity contribution in [3.8, 4) is 0 Å². The van der Waals surface area contributed by atoms with E-state index in [0.29, 0.717) is 0 Å². The SMILES string of the molecule is O=C(O)c1cc(C(=O)O)cc(C(=O)O)c1.O=C(O)c1cc(C(=O)O)cc(C(=O)O)c1.O=C(O)c1ccc(C(=O)O)c(C(=O)O)c1. The van der Waals surface area contributed by atoms with Crippen LogP contribution in [0.2, 0.25) is 0 Å². The molecule has 3 aromatic rings. The van der Waals surface area contributed by atoms with Crippen LogP contribution in [0, 0.1) is 0 Å². The van der Waals surface area contributed by atoms with Crippen LogP contribution in [0.25, 0.3) is 0 Å². The van der Waals surface area contributed by atoms with Crippen LogP contribution in [0.1, 0.15) is 93.2 Å². The third-order valence-electron chi connectivity index (χ3n) is 5.08. The molecule has 0 aliphatic rings. The van der Waals surface area contributed by atoms with Gasteiger partial charge in [0.15, 0.2) is 0 Å². The van der Waals surface area contributed by atoms with Crippen LogP contribution in [-0.4, -0.2) is 99.7 Å². The van der Waals surface area contributed by atoms with E-state index in [1.54, 1.807) is 0 Å². The Morgan fingerprint density at radius 3 is 0.667 bits per heavy atom. The first-order chi connectivity index (χ1) is 20.8. The number of hydrogen-bond donors (Lipinski definition) is 9. The lowest BCUT2D eigenvalue weighted by atomic mass is 10.0. The molecule has 0 aliphatic heterocycles. The highest BCUT2D eigenvalue weighted by atomic mass is 16.4. The molecule has 0 saturated heterocycles. The fourth-order valence-corrected chi connectivity index (χ4v) is 3.04. The van der Waals surface area contributed by atoms with E-state index in [0.717, 1.165) is 54.6 Å². The van der Waals surface area contributed by atoms with E-state index in [2.05, 4.69) is 0 Å². The Kier molecular flexibility index (Phi) is 12.1. The highest BCUT2D eigenvalue weighted by Gasteiger charge is 2.18. The lowest BCUT2D eigenvalue weighted by Crippen LogP contribution is -2.10. The molecule has 0 amide bonds. The number of hydrogen-bond acceptors (Lipinski definition) is 9. The maximum Gasteiger partial charge on any atom is 0.336 e. The molecule has 0 radical (unpaired) electrons. The average molecular weight is 630 g/mol. The van der Waals surface area contributed by atoms with Gasteiger partial charge in [-0.1, -0.05) is 0 Å². The molecule has 18 heteroatoms. The van der Waals surface area contributed by atoms with Crippen LogP contribution in [0.5, 0.6) is 0 Å². The van der Waals surface area contributed by atoms with Gasteiger partial charge in [0, 0.05) is 0 Å². The van der Waals surface area contributed by atoms with Crippen LogP contribution in [0.3, 0.4) is 0 Å².